The van der Waals surface area contributed by atoms with Crippen LogP contribution in [0.15, 0.2) is 24.3 Å². The molecule has 90 valence electrons. The van der Waals surface area contributed by atoms with Crippen LogP contribution in [0.5, 0.6) is 0 Å². The lowest BCUT2D eigenvalue weighted by molar-refractivity contribution is -0.124. The van der Waals surface area contributed by atoms with Gasteiger partial charge in [0.25, 0.3) is 0 Å². The van der Waals surface area contributed by atoms with E-state index in [0.29, 0.717) is 5.75 Å². The van der Waals surface area contributed by atoms with E-state index in [0.717, 1.165) is 23.7 Å². The molecule has 0 aliphatic carbocycles. The third-order valence-corrected chi connectivity index (χ3v) is 4.24. The van der Waals surface area contributed by atoms with Gasteiger partial charge in [-0.15, -0.1) is 0 Å². The first-order valence-corrected chi connectivity index (χ1v) is 7.09. The Kier molecular flexibility index (Phi) is 4.18. The normalized spacial score (nSPS) is 15.7. The summed E-state index contributed by atoms with van der Waals surface area (Å²) in [4.78, 5) is 13.2. The van der Waals surface area contributed by atoms with Gasteiger partial charge in [-0.2, -0.15) is 0 Å². The zero-order valence-electron chi connectivity index (χ0n) is 9.81. The van der Waals surface area contributed by atoms with E-state index >= 15 is 0 Å². The van der Waals surface area contributed by atoms with E-state index in [2.05, 4.69) is 31.2 Å². The van der Waals surface area contributed by atoms with Crippen LogP contribution in [0, 0.1) is 6.92 Å². The highest BCUT2D eigenvalue weighted by atomic mass is 32.2. The van der Waals surface area contributed by atoms with Crippen molar-refractivity contribution in [2.24, 2.45) is 0 Å². The maximum absolute atomic E-state index is 11.5. The van der Waals surface area contributed by atoms with Crippen molar-refractivity contribution in [3.05, 3.63) is 35.4 Å². The third-order valence-electron chi connectivity index (χ3n) is 2.81. The molecule has 4 heteroatoms. The lowest BCUT2D eigenvalue weighted by Crippen LogP contribution is -2.29. The first-order valence-electron chi connectivity index (χ1n) is 5.69. The lowest BCUT2D eigenvalue weighted by Gasteiger charge is -2.14. The van der Waals surface area contributed by atoms with Crippen LogP contribution in [0.3, 0.4) is 0 Å². The summed E-state index contributed by atoms with van der Waals surface area (Å²) in [5, 5.41) is 0. The molecule has 2 nitrogen and oxygen atoms in total. The second-order valence-electron chi connectivity index (χ2n) is 4.19. The molecular formula is C13H15NOS2. The van der Waals surface area contributed by atoms with Crippen molar-refractivity contribution in [2.45, 2.75) is 19.8 Å². The molecule has 1 aliphatic heterocycles. The molecule has 1 aromatic carbocycles. The summed E-state index contributed by atoms with van der Waals surface area (Å²) in [5.41, 5.74) is 2.60. The molecule has 0 spiro atoms. The van der Waals surface area contributed by atoms with E-state index in [1.807, 2.05) is 0 Å². The van der Waals surface area contributed by atoms with Crippen molar-refractivity contribution in [3.8, 4) is 0 Å². The molecule has 1 aromatic rings. The Labute approximate surface area is 111 Å². The van der Waals surface area contributed by atoms with E-state index < -0.39 is 0 Å². The van der Waals surface area contributed by atoms with E-state index in [9.17, 15) is 4.79 Å². The minimum absolute atomic E-state index is 0.156. The topological polar surface area (TPSA) is 20.3 Å². The lowest BCUT2D eigenvalue weighted by atomic mass is 10.1. The number of hydrogen-bond donors (Lipinski definition) is 0. The van der Waals surface area contributed by atoms with Gasteiger partial charge in [-0.3, -0.25) is 9.69 Å². The summed E-state index contributed by atoms with van der Waals surface area (Å²) < 4.78 is 0.735. The molecule has 1 amide bonds. The van der Waals surface area contributed by atoms with E-state index in [4.69, 9.17) is 12.2 Å². The predicted octanol–water partition coefficient (Wildman–Crippen LogP) is 2.79. The number of benzene rings is 1. The van der Waals surface area contributed by atoms with Gasteiger partial charge in [-0.25, -0.2) is 0 Å². The SMILES string of the molecule is Cc1ccc(CCCN2C(=O)CSC2=S)cc1. The standard InChI is InChI=1S/C13H15NOS2/c1-10-4-6-11(7-5-10)3-2-8-14-12(15)9-17-13(14)16/h4-7H,2-3,8-9H2,1H3. The summed E-state index contributed by atoms with van der Waals surface area (Å²) in [6.45, 7) is 2.83. The van der Waals surface area contributed by atoms with E-state index in [1.54, 1.807) is 4.90 Å². The maximum atomic E-state index is 11.5. The smallest absolute Gasteiger partial charge is 0.238 e. The first kappa shape index (κ1) is 12.6. The summed E-state index contributed by atoms with van der Waals surface area (Å²) in [5.74, 6) is 0.674. The first-order chi connectivity index (χ1) is 8.16. The Balaban J connectivity index is 1.81. The fourth-order valence-electron chi connectivity index (χ4n) is 1.79. The van der Waals surface area contributed by atoms with Crippen LogP contribution in [0.25, 0.3) is 0 Å². The summed E-state index contributed by atoms with van der Waals surface area (Å²) in [6, 6.07) is 8.54. The van der Waals surface area contributed by atoms with Crippen molar-refractivity contribution in [3.63, 3.8) is 0 Å². The second kappa shape index (κ2) is 5.65. The van der Waals surface area contributed by atoms with Crippen molar-refractivity contribution in [1.82, 2.24) is 4.90 Å². The second-order valence-corrected chi connectivity index (χ2v) is 5.80. The number of hydrogen-bond acceptors (Lipinski definition) is 3. The molecule has 0 saturated carbocycles. The Hall–Kier alpha value is -0.870. The van der Waals surface area contributed by atoms with E-state index in [-0.39, 0.29) is 5.91 Å². The minimum Gasteiger partial charge on any atom is -0.297 e. The van der Waals surface area contributed by atoms with Gasteiger partial charge in [0.05, 0.1) is 5.75 Å². The molecule has 0 radical (unpaired) electrons. The molecular weight excluding hydrogens is 250 g/mol. The molecule has 0 atom stereocenters. The summed E-state index contributed by atoms with van der Waals surface area (Å²) in [7, 11) is 0. The molecule has 0 bridgehead atoms. The van der Waals surface area contributed by atoms with Crippen LogP contribution in [0.4, 0.5) is 0 Å². The number of amides is 1. The zero-order chi connectivity index (χ0) is 12.3. The quantitative estimate of drug-likeness (QED) is 0.781. The van der Waals surface area contributed by atoms with Crippen LogP contribution >= 0.6 is 24.0 Å². The zero-order valence-corrected chi connectivity index (χ0v) is 11.4. The Morgan fingerprint density at radius 1 is 1.35 bits per heavy atom. The summed E-state index contributed by atoms with van der Waals surface area (Å²) >= 11 is 6.60. The number of carbonyl (C=O) groups is 1. The molecule has 1 aliphatic rings. The molecule has 2 rings (SSSR count). The molecule has 17 heavy (non-hydrogen) atoms. The average molecular weight is 265 g/mol. The molecule has 1 fully saturated rings. The Bertz CT molecular complexity index is 412. The van der Waals surface area contributed by atoms with Crippen LogP contribution < -0.4 is 0 Å². The molecule has 0 N–H and O–H groups in total. The highest BCUT2D eigenvalue weighted by Gasteiger charge is 2.25. The fourth-order valence-corrected chi connectivity index (χ4v) is 2.91. The van der Waals surface area contributed by atoms with Gasteiger partial charge in [0.2, 0.25) is 5.91 Å². The monoisotopic (exact) mass is 265 g/mol. The number of rotatable bonds is 4. The average Bonchev–Trinajstić information content (AvgIpc) is 2.63. The molecule has 0 unspecified atom stereocenters. The van der Waals surface area contributed by atoms with E-state index in [1.165, 1.54) is 22.9 Å². The van der Waals surface area contributed by atoms with Gasteiger partial charge in [-0.1, -0.05) is 53.8 Å². The number of thioether (sulfide) groups is 1. The van der Waals surface area contributed by atoms with Crippen molar-refractivity contribution >= 4 is 34.2 Å². The maximum Gasteiger partial charge on any atom is 0.238 e. The highest BCUT2D eigenvalue weighted by Crippen LogP contribution is 2.19. The number of aryl methyl sites for hydroxylation is 2. The summed E-state index contributed by atoms with van der Waals surface area (Å²) in [6.07, 6.45) is 1.97. The fraction of sp³-hybridized carbons (Fsp3) is 0.385. The number of nitrogens with zero attached hydrogens (tertiary/aromatic N) is 1. The van der Waals surface area contributed by atoms with Gasteiger partial charge in [0.1, 0.15) is 4.32 Å². The third kappa shape index (κ3) is 3.30. The van der Waals surface area contributed by atoms with Crippen molar-refractivity contribution in [1.29, 1.82) is 0 Å². The highest BCUT2D eigenvalue weighted by molar-refractivity contribution is 8.23. The largest absolute Gasteiger partial charge is 0.297 e. The van der Waals surface area contributed by atoms with Gasteiger partial charge >= 0.3 is 0 Å². The minimum atomic E-state index is 0.156. The van der Waals surface area contributed by atoms with Gasteiger partial charge in [-0.05, 0) is 25.3 Å². The number of carbonyl (C=O) groups excluding carboxylic acids is 1. The van der Waals surface area contributed by atoms with Crippen molar-refractivity contribution < 1.29 is 4.79 Å². The Morgan fingerprint density at radius 2 is 2.06 bits per heavy atom. The van der Waals surface area contributed by atoms with Crippen LogP contribution in [-0.2, 0) is 11.2 Å². The molecule has 1 heterocycles. The van der Waals surface area contributed by atoms with Gasteiger partial charge in [0.15, 0.2) is 0 Å². The van der Waals surface area contributed by atoms with Crippen LogP contribution in [-0.4, -0.2) is 27.4 Å². The van der Waals surface area contributed by atoms with Gasteiger partial charge in [0, 0.05) is 6.54 Å². The van der Waals surface area contributed by atoms with Crippen LogP contribution in [0.2, 0.25) is 0 Å². The Morgan fingerprint density at radius 3 is 2.65 bits per heavy atom. The molecule has 0 aromatic heterocycles. The predicted molar refractivity (Wildman–Crippen MR) is 76.3 cm³/mol. The molecule has 1 saturated heterocycles. The number of thiocarbonyl (C=S) groups is 1. The van der Waals surface area contributed by atoms with Gasteiger partial charge < -0.3 is 0 Å². The van der Waals surface area contributed by atoms with Crippen LogP contribution in [0.1, 0.15) is 17.5 Å². The van der Waals surface area contributed by atoms with Crippen molar-refractivity contribution in [2.75, 3.05) is 12.3 Å².